The van der Waals surface area contributed by atoms with Crippen molar-refractivity contribution in [3.8, 4) is 0 Å². The van der Waals surface area contributed by atoms with Crippen molar-refractivity contribution >= 4 is 11.3 Å². The third-order valence-corrected chi connectivity index (χ3v) is 4.38. The van der Waals surface area contributed by atoms with Gasteiger partial charge in [-0.1, -0.05) is 6.92 Å². The molecule has 0 bridgehead atoms. The Balaban J connectivity index is 1.97. The lowest BCUT2D eigenvalue weighted by Gasteiger charge is -2.26. The van der Waals surface area contributed by atoms with E-state index in [1.54, 1.807) is 11.3 Å². The molecule has 2 heterocycles. The van der Waals surface area contributed by atoms with Gasteiger partial charge >= 0.3 is 0 Å². The van der Waals surface area contributed by atoms with Crippen LogP contribution in [0, 0.1) is 5.92 Å². The Labute approximate surface area is 108 Å². The van der Waals surface area contributed by atoms with E-state index in [1.807, 2.05) is 0 Å². The maximum Gasteiger partial charge on any atom is 0.0590 e. The number of hydrogen-bond acceptors (Lipinski definition) is 3. The number of rotatable bonds is 6. The first-order valence-electron chi connectivity index (χ1n) is 6.67. The van der Waals surface area contributed by atoms with E-state index >= 15 is 0 Å². The quantitative estimate of drug-likeness (QED) is 0.841. The highest BCUT2D eigenvalue weighted by Crippen LogP contribution is 2.26. The Morgan fingerprint density at radius 3 is 3.06 bits per heavy atom. The lowest BCUT2D eigenvalue weighted by atomic mass is 9.89. The van der Waals surface area contributed by atoms with Crippen LogP contribution in [0.5, 0.6) is 0 Å². The molecule has 0 aliphatic carbocycles. The fraction of sp³-hybridized carbons (Fsp3) is 0.714. The molecule has 96 valence electrons. The molecule has 3 atom stereocenters. The van der Waals surface area contributed by atoms with Crippen LogP contribution in [0.2, 0.25) is 0 Å². The van der Waals surface area contributed by atoms with Gasteiger partial charge in [0.25, 0.3) is 0 Å². The summed E-state index contributed by atoms with van der Waals surface area (Å²) in [5.74, 6) is 0.668. The summed E-state index contributed by atoms with van der Waals surface area (Å²) in [5.41, 5.74) is 1.46. The molecule has 1 aromatic heterocycles. The summed E-state index contributed by atoms with van der Waals surface area (Å²) >= 11 is 1.79. The Kier molecular flexibility index (Phi) is 5.01. The fourth-order valence-corrected chi connectivity index (χ4v) is 3.33. The minimum absolute atomic E-state index is 0.406. The molecule has 1 fully saturated rings. The first-order chi connectivity index (χ1) is 8.31. The van der Waals surface area contributed by atoms with E-state index < -0.39 is 0 Å². The van der Waals surface area contributed by atoms with Gasteiger partial charge in [0.15, 0.2) is 0 Å². The number of ether oxygens (including phenoxy) is 1. The van der Waals surface area contributed by atoms with Gasteiger partial charge in [-0.2, -0.15) is 11.3 Å². The highest BCUT2D eigenvalue weighted by Gasteiger charge is 2.31. The molecule has 0 aromatic carbocycles. The normalized spacial score (nSPS) is 26.2. The zero-order valence-corrected chi connectivity index (χ0v) is 11.6. The van der Waals surface area contributed by atoms with Crippen LogP contribution in [0.1, 0.15) is 32.3 Å². The average molecular weight is 253 g/mol. The Bertz CT molecular complexity index is 312. The standard InChI is InChI=1S/C14H23NOS/c1-3-6-15-14(9-12-5-8-17-10-12)13-4-7-16-11(13)2/h5,8,10-11,13-15H,3-4,6-7,9H2,1-2H3. The Hall–Kier alpha value is -0.380. The van der Waals surface area contributed by atoms with Crippen molar-refractivity contribution < 1.29 is 4.74 Å². The summed E-state index contributed by atoms with van der Waals surface area (Å²) in [6.45, 7) is 6.48. The minimum Gasteiger partial charge on any atom is -0.378 e. The first-order valence-corrected chi connectivity index (χ1v) is 7.61. The number of nitrogens with one attached hydrogen (secondary N) is 1. The van der Waals surface area contributed by atoms with Gasteiger partial charge in [0, 0.05) is 18.6 Å². The molecule has 17 heavy (non-hydrogen) atoms. The van der Waals surface area contributed by atoms with E-state index in [-0.39, 0.29) is 0 Å². The number of thiophene rings is 1. The monoisotopic (exact) mass is 253 g/mol. The van der Waals surface area contributed by atoms with E-state index in [4.69, 9.17) is 4.74 Å². The molecular weight excluding hydrogens is 230 g/mol. The molecule has 3 unspecified atom stereocenters. The van der Waals surface area contributed by atoms with Gasteiger partial charge in [0.2, 0.25) is 0 Å². The smallest absolute Gasteiger partial charge is 0.0590 e. The maximum absolute atomic E-state index is 5.71. The first kappa shape index (κ1) is 13.1. The van der Waals surface area contributed by atoms with E-state index in [0.29, 0.717) is 18.1 Å². The average Bonchev–Trinajstić information content (AvgIpc) is 2.95. The third-order valence-electron chi connectivity index (χ3n) is 3.64. The molecule has 1 aliphatic heterocycles. The Morgan fingerprint density at radius 2 is 2.47 bits per heavy atom. The highest BCUT2D eigenvalue weighted by molar-refractivity contribution is 7.07. The topological polar surface area (TPSA) is 21.3 Å². The second-order valence-corrected chi connectivity index (χ2v) is 5.70. The van der Waals surface area contributed by atoms with Gasteiger partial charge in [-0.3, -0.25) is 0 Å². The van der Waals surface area contributed by atoms with E-state index in [0.717, 1.165) is 19.6 Å². The summed E-state index contributed by atoms with van der Waals surface area (Å²) in [6, 6.07) is 2.81. The van der Waals surface area contributed by atoms with Crippen molar-refractivity contribution in [2.24, 2.45) is 5.92 Å². The van der Waals surface area contributed by atoms with E-state index in [2.05, 4.69) is 36.0 Å². The molecule has 0 spiro atoms. The maximum atomic E-state index is 5.71. The van der Waals surface area contributed by atoms with Crippen molar-refractivity contribution in [2.45, 2.75) is 45.3 Å². The molecule has 3 heteroatoms. The molecular formula is C14H23NOS. The highest BCUT2D eigenvalue weighted by atomic mass is 32.1. The van der Waals surface area contributed by atoms with Gasteiger partial charge in [0.1, 0.15) is 0 Å². The van der Waals surface area contributed by atoms with Crippen LogP contribution < -0.4 is 5.32 Å². The molecule has 1 aliphatic rings. The second-order valence-electron chi connectivity index (χ2n) is 4.92. The largest absolute Gasteiger partial charge is 0.378 e. The molecule has 1 saturated heterocycles. The Morgan fingerprint density at radius 1 is 1.59 bits per heavy atom. The number of hydrogen-bond donors (Lipinski definition) is 1. The van der Waals surface area contributed by atoms with Crippen LogP contribution in [0.15, 0.2) is 16.8 Å². The van der Waals surface area contributed by atoms with Crippen molar-refractivity contribution in [1.29, 1.82) is 0 Å². The summed E-state index contributed by atoms with van der Waals surface area (Å²) in [4.78, 5) is 0. The predicted octanol–water partition coefficient (Wildman–Crippen LogP) is 3.08. The zero-order chi connectivity index (χ0) is 12.1. The van der Waals surface area contributed by atoms with E-state index in [1.165, 1.54) is 18.4 Å². The van der Waals surface area contributed by atoms with Crippen LogP contribution in [0.3, 0.4) is 0 Å². The van der Waals surface area contributed by atoms with Crippen molar-refractivity contribution in [3.05, 3.63) is 22.4 Å². The summed E-state index contributed by atoms with van der Waals surface area (Å²) < 4.78 is 5.71. The second kappa shape index (κ2) is 6.53. The lowest BCUT2D eigenvalue weighted by molar-refractivity contribution is 0.0954. The van der Waals surface area contributed by atoms with Gasteiger partial charge in [0.05, 0.1) is 6.10 Å². The molecule has 1 N–H and O–H groups in total. The summed E-state index contributed by atoms with van der Waals surface area (Å²) in [6.07, 6.45) is 3.94. The molecule has 0 radical (unpaired) electrons. The van der Waals surface area contributed by atoms with Gasteiger partial charge in [-0.05, 0) is 55.1 Å². The summed E-state index contributed by atoms with van der Waals surface area (Å²) in [7, 11) is 0. The lowest BCUT2D eigenvalue weighted by Crippen LogP contribution is -2.41. The van der Waals surface area contributed by atoms with Crippen LogP contribution in [0.4, 0.5) is 0 Å². The summed E-state index contributed by atoms with van der Waals surface area (Å²) in [5, 5.41) is 8.14. The van der Waals surface area contributed by atoms with Crippen LogP contribution >= 0.6 is 11.3 Å². The van der Waals surface area contributed by atoms with Gasteiger partial charge in [-0.25, -0.2) is 0 Å². The van der Waals surface area contributed by atoms with Gasteiger partial charge < -0.3 is 10.1 Å². The SMILES string of the molecule is CCCNC(Cc1ccsc1)C1CCOC1C. The zero-order valence-electron chi connectivity index (χ0n) is 10.8. The van der Waals surface area contributed by atoms with Crippen LogP contribution in [0.25, 0.3) is 0 Å². The van der Waals surface area contributed by atoms with Crippen LogP contribution in [-0.2, 0) is 11.2 Å². The molecule has 0 amide bonds. The molecule has 2 nitrogen and oxygen atoms in total. The third kappa shape index (κ3) is 3.54. The molecule has 2 rings (SSSR count). The predicted molar refractivity (Wildman–Crippen MR) is 73.6 cm³/mol. The molecule has 0 saturated carbocycles. The van der Waals surface area contributed by atoms with Crippen molar-refractivity contribution in [2.75, 3.05) is 13.2 Å². The van der Waals surface area contributed by atoms with Crippen molar-refractivity contribution in [1.82, 2.24) is 5.32 Å². The van der Waals surface area contributed by atoms with Crippen LogP contribution in [-0.4, -0.2) is 25.3 Å². The van der Waals surface area contributed by atoms with Gasteiger partial charge in [-0.15, -0.1) is 0 Å². The van der Waals surface area contributed by atoms with E-state index in [9.17, 15) is 0 Å². The minimum atomic E-state index is 0.406. The van der Waals surface area contributed by atoms with Crippen molar-refractivity contribution in [3.63, 3.8) is 0 Å². The fourth-order valence-electron chi connectivity index (χ4n) is 2.64. The molecule has 1 aromatic rings.